The summed E-state index contributed by atoms with van der Waals surface area (Å²) < 4.78 is 0. The van der Waals surface area contributed by atoms with Crippen molar-refractivity contribution in [2.75, 3.05) is 30.4 Å². The Balaban J connectivity index is 0. The molecule has 1 saturated heterocycles. The van der Waals surface area contributed by atoms with Crippen LogP contribution in [0.15, 0.2) is 74.0 Å². The second-order valence-corrected chi connectivity index (χ2v) is 8.54. The SMILES string of the molecule is C=CCC.C=CNC.CC.CC1CCN(c2ccc(C#Cc3ccc(NC(C)N)cc3)cc2)C1.CCC. The lowest BCUT2D eigenvalue weighted by atomic mass is 10.1. The van der Waals surface area contributed by atoms with Gasteiger partial charge in [-0.2, -0.15) is 0 Å². The molecule has 1 aliphatic rings. The normalized spacial score (nSPS) is 13.5. The molecule has 4 nitrogen and oxygen atoms in total. The Hall–Kier alpha value is -3.16. The van der Waals surface area contributed by atoms with Crippen molar-refractivity contribution in [3.63, 3.8) is 0 Å². The summed E-state index contributed by atoms with van der Waals surface area (Å²) in [6.07, 6.45) is 7.06. The minimum absolute atomic E-state index is 0.0564. The maximum Gasteiger partial charge on any atom is 0.0714 e. The number of anilines is 2. The number of allylic oxidation sites excluding steroid dienone is 1. The van der Waals surface area contributed by atoms with Crippen LogP contribution in [0.5, 0.6) is 0 Å². The van der Waals surface area contributed by atoms with E-state index in [0.29, 0.717) is 0 Å². The number of hydrogen-bond acceptors (Lipinski definition) is 4. The van der Waals surface area contributed by atoms with E-state index in [0.717, 1.165) is 42.2 Å². The van der Waals surface area contributed by atoms with Crippen molar-refractivity contribution in [2.45, 2.75) is 73.9 Å². The van der Waals surface area contributed by atoms with E-state index in [1.807, 2.05) is 58.2 Å². The first kappa shape index (κ1) is 36.0. The third-order valence-corrected chi connectivity index (χ3v) is 4.78. The van der Waals surface area contributed by atoms with E-state index in [1.54, 1.807) is 6.20 Å². The van der Waals surface area contributed by atoms with E-state index >= 15 is 0 Å². The summed E-state index contributed by atoms with van der Waals surface area (Å²) in [6.45, 7) is 23.7. The highest BCUT2D eigenvalue weighted by molar-refractivity contribution is 5.53. The van der Waals surface area contributed by atoms with E-state index in [4.69, 9.17) is 5.73 Å². The molecule has 2 atom stereocenters. The standard InChI is InChI=1S/C21H25N3.C4H8.C3H7N.C3H8.C2H6/c1-16-13-14-24(15-16)21-11-7-19(8-12-21)4-3-18-5-9-20(10-6-18)23-17(2)22;2*1-3-4-2;1-3-2;1-2/h5-12,16-17,23H,13-15,22H2,1-2H3;3H,1,4H2,2H3;3-4H,1H2,2H3;3H2,1-2H3;1-2H3. The van der Waals surface area contributed by atoms with Crippen LogP contribution in [-0.4, -0.2) is 26.3 Å². The predicted molar refractivity (Wildman–Crippen MR) is 169 cm³/mol. The molecule has 1 aliphatic heterocycles. The molecule has 2 aromatic carbocycles. The topological polar surface area (TPSA) is 53.3 Å². The van der Waals surface area contributed by atoms with Gasteiger partial charge in [0, 0.05) is 42.6 Å². The van der Waals surface area contributed by atoms with E-state index in [9.17, 15) is 0 Å². The van der Waals surface area contributed by atoms with Crippen LogP contribution >= 0.6 is 0 Å². The summed E-state index contributed by atoms with van der Waals surface area (Å²) in [5.41, 5.74) is 10.1. The Morgan fingerprint density at radius 3 is 1.76 bits per heavy atom. The molecule has 0 spiro atoms. The highest BCUT2D eigenvalue weighted by Gasteiger charge is 2.18. The van der Waals surface area contributed by atoms with E-state index in [-0.39, 0.29) is 6.17 Å². The van der Waals surface area contributed by atoms with Gasteiger partial charge in [-0.05, 0) is 80.4 Å². The summed E-state index contributed by atoms with van der Waals surface area (Å²) in [5.74, 6) is 7.24. The van der Waals surface area contributed by atoms with Crippen LogP contribution in [-0.2, 0) is 0 Å². The quantitative estimate of drug-likeness (QED) is 0.218. The Labute approximate surface area is 229 Å². The first-order valence-corrected chi connectivity index (χ1v) is 13.7. The number of rotatable bonds is 5. The average Bonchev–Trinajstić information content (AvgIpc) is 3.36. The summed E-state index contributed by atoms with van der Waals surface area (Å²) in [5, 5.41) is 5.86. The lowest BCUT2D eigenvalue weighted by molar-refractivity contribution is 0.659. The number of nitrogens with one attached hydrogen (secondary N) is 2. The fourth-order valence-corrected chi connectivity index (χ4v) is 2.98. The molecule has 0 saturated carbocycles. The molecule has 4 N–H and O–H groups in total. The molecule has 206 valence electrons. The van der Waals surface area contributed by atoms with Gasteiger partial charge in [-0.15, -0.1) is 6.58 Å². The van der Waals surface area contributed by atoms with Crippen molar-refractivity contribution in [1.82, 2.24) is 5.32 Å². The Kier molecular flexibility index (Phi) is 23.9. The fourth-order valence-electron chi connectivity index (χ4n) is 2.98. The van der Waals surface area contributed by atoms with Gasteiger partial charge in [0.1, 0.15) is 0 Å². The summed E-state index contributed by atoms with van der Waals surface area (Å²) in [6, 6.07) is 16.6. The highest BCUT2D eigenvalue weighted by atomic mass is 15.1. The number of hydrogen-bond donors (Lipinski definition) is 3. The Morgan fingerprint density at radius 2 is 1.43 bits per heavy atom. The second-order valence-electron chi connectivity index (χ2n) is 8.54. The van der Waals surface area contributed by atoms with Gasteiger partial charge in [0.05, 0.1) is 6.17 Å². The van der Waals surface area contributed by atoms with Crippen molar-refractivity contribution in [2.24, 2.45) is 11.7 Å². The molecule has 0 radical (unpaired) electrons. The zero-order valence-corrected chi connectivity index (χ0v) is 24.9. The van der Waals surface area contributed by atoms with Crippen molar-refractivity contribution >= 4 is 11.4 Å². The maximum atomic E-state index is 5.72. The average molecular weight is 507 g/mol. The lowest BCUT2D eigenvalue weighted by Gasteiger charge is -2.17. The van der Waals surface area contributed by atoms with Gasteiger partial charge in [0.15, 0.2) is 0 Å². The minimum atomic E-state index is -0.0564. The number of nitrogens with two attached hydrogens (primary N) is 1. The van der Waals surface area contributed by atoms with Crippen LogP contribution in [0.4, 0.5) is 11.4 Å². The molecule has 0 bridgehead atoms. The van der Waals surface area contributed by atoms with E-state index in [2.05, 4.69) is 92.5 Å². The molecule has 37 heavy (non-hydrogen) atoms. The fraction of sp³-hybridized carbons (Fsp3) is 0.455. The van der Waals surface area contributed by atoms with Crippen molar-refractivity contribution in [1.29, 1.82) is 0 Å². The summed E-state index contributed by atoms with van der Waals surface area (Å²) in [7, 11) is 1.81. The Morgan fingerprint density at radius 1 is 1.00 bits per heavy atom. The molecule has 4 heteroatoms. The number of nitrogens with zero attached hydrogens (tertiary/aromatic N) is 1. The highest BCUT2D eigenvalue weighted by Crippen LogP contribution is 2.23. The van der Waals surface area contributed by atoms with Crippen LogP contribution < -0.4 is 21.3 Å². The summed E-state index contributed by atoms with van der Waals surface area (Å²) >= 11 is 0. The van der Waals surface area contributed by atoms with Crippen LogP contribution in [0.1, 0.15) is 78.9 Å². The van der Waals surface area contributed by atoms with Crippen LogP contribution in [0.25, 0.3) is 0 Å². The molecule has 2 aromatic rings. The monoisotopic (exact) mass is 506 g/mol. The molecule has 3 rings (SSSR count). The molecule has 1 heterocycles. The third kappa shape index (κ3) is 18.7. The minimum Gasteiger partial charge on any atom is -0.394 e. The number of benzene rings is 2. The maximum absolute atomic E-state index is 5.72. The van der Waals surface area contributed by atoms with Gasteiger partial charge < -0.3 is 21.3 Å². The van der Waals surface area contributed by atoms with Crippen molar-refractivity contribution < 1.29 is 0 Å². The first-order chi connectivity index (χ1) is 17.8. The third-order valence-electron chi connectivity index (χ3n) is 4.78. The molecular formula is C33H54N4. The van der Waals surface area contributed by atoms with Gasteiger partial charge in [-0.3, -0.25) is 0 Å². The zero-order chi connectivity index (χ0) is 28.5. The van der Waals surface area contributed by atoms with Gasteiger partial charge in [-0.25, -0.2) is 0 Å². The van der Waals surface area contributed by atoms with Crippen molar-refractivity contribution in [3.8, 4) is 11.8 Å². The predicted octanol–water partition coefficient (Wildman–Crippen LogP) is 8.02. The molecular weight excluding hydrogens is 452 g/mol. The van der Waals surface area contributed by atoms with Gasteiger partial charge in [-0.1, -0.05) is 72.5 Å². The van der Waals surface area contributed by atoms with Crippen molar-refractivity contribution in [3.05, 3.63) is 85.1 Å². The van der Waals surface area contributed by atoms with E-state index in [1.165, 1.54) is 18.5 Å². The van der Waals surface area contributed by atoms with Gasteiger partial charge in [0.2, 0.25) is 0 Å². The largest absolute Gasteiger partial charge is 0.394 e. The van der Waals surface area contributed by atoms with Crippen LogP contribution in [0.2, 0.25) is 0 Å². The lowest BCUT2D eigenvalue weighted by Crippen LogP contribution is -2.24. The second kappa shape index (κ2) is 24.5. The molecule has 0 amide bonds. The van der Waals surface area contributed by atoms with Gasteiger partial charge in [0.25, 0.3) is 0 Å². The smallest absolute Gasteiger partial charge is 0.0714 e. The zero-order valence-electron chi connectivity index (χ0n) is 24.9. The molecule has 1 fully saturated rings. The van der Waals surface area contributed by atoms with Crippen LogP contribution in [0, 0.1) is 17.8 Å². The molecule has 0 aliphatic carbocycles. The summed E-state index contributed by atoms with van der Waals surface area (Å²) in [4.78, 5) is 2.45. The van der Waals surface area contributed by atoms with E-state index < -0.39 is 0 Å². The molecule has 0 aromatic heterocycles. The first-order valence-electron chi connectivity index (χ1n) is 13.7. The molecule has 2 unspecified atom stereocenters. The Bertz CT molecular complexity index is 850. The van der Waals surface area contributed by atoms with Gasteiger partial charge >= 0.3 is 0 Å². The van der Waals surface area contributed by atoms with Crippen LogP contribution in [0.3, 0.4) is 0 Å².